The lowest BCUT2D eigenvalue weighted by molar-refractivity contribution is 0.0526. The van der Waals surface area contributed by atoms with E-state index in [9.17, 15) is 9.59 Å². The van der Waals surface area contributed by atoms with Crippen LogP contribution in [0.5, 0.6) is 0 Å². The van der Waals surface area contributed by atoms with Gasteiger partial charge in [0, 0.05) is 32.9 Å². The van der Waals surface area contributed by atoms with E-state index in [1.165, 1.54) is 28.6 Å². The summed E-state index contributed by atoms with van der Waals surface area (Å²) in [5, 5.41) is 2.05. The Morgan fingerprint density at radius 1 is 1.15 bits per heavy atom. The van der Waals surface area contributed by atoms with Crippen molar-refractivity contribution in [2.75, 3.05) is 12.4 Å². The number of thiophene rings is 1. The zero-order chi connectivity index (χ0) is 23.8. The maximum absolute atomic E-state index is 13.2. The smallest absolute Gasteiger partial charge is 0.338 e. The minimum absolute atomic E-state index is 0.0751. The van der Waals surface area contributed by atoms with Gasteiger partial charge >= 0.3 is 5.97 Å². The molecule has 3 aromatic heterocycles. The number of Topliss-reactive ketones (excluding diaryl/α,β-unsaturated/α-hetero) is 1. The molecule has 1 aliphatic rings. The van der Waals surface area contributed by atoms with Crippen LogP contribution < -0.4 is 0 Å². The van der Waals surface area contributed by atoms with Crippen molar-refractivity contribution in [2.24, 2.45) is 0 Å². The van der Waals surface area contributed by atoms with Crippen LogP contribution >= 0.6 is 23.1 Å². The quantitative estimate of drug-likeness (QED) is 0.142. The molecular formula is C26H25N3O3S2. The third-order valence-corrected chi connectivity index (χ3v) is 8.36. The number of aromatic nitrogens is 3. The molecule has 0 N–H and O–H groups in total. The van der Waals surface area contributed by atoms with Gasteiger partial charge in [0.1, 0.15) is 16.2 Å². The number of thioether (sulfide) groups is 1. The number of ether oxygens (including phenoxy) is 1. The SMILES string of the molecule is CCOC(=O)c1ccc(-n2c(C)cc(C(=O)CSc3ncnc4sc5c(c34)CCC5)c2C)cc1. The molecule has 3 heterocycles. The van der Waals surface area contributed by atoms with Crippen molar-refractivity contribution in [3.05, 3.63) is 69.6 Å². The molecule has 6 nitrogen and oxygen atoms in total. The van der Waals surface area contributed by atoms with Gasteiger partial charge < -0.3 is 9.30 Å². The van der Waals surface area contributed by atoms with Gasteiger partial charge in [-0.3, -0.25) is 4.79 Å². The van der Waals surface area contributed by atoms with Gasteiger partial charge in [-0.05, 0) is 75.9 Å². The van der Waals surface area contributed by atoms with E-state index >= 15 is 0 Å². The lowest BCUT2D eigenvalue weighted by Crippen LogP contribution is -2.07. The number of esters is 1. The molecule has 1 aromatic carbocycles. The van der Waals surface area contributed by atoms with E-state index < -0.39 is 0 Å². The van der Waals surface area contributed by atoms with Crippen LogP contribution in [0.1, 0.15) is 55.9 Å². The number of hydrogen-bond acceptors (Lipinski definition) is 7. The van der Waals surface area contributed by atoms with Crippen LogP contribution in [0.25, 0.3) is 15.9 Å². The first-order chi connectivity index (χ1) is 16.5. The molecule has 0 saturated heterocycles. The molecule has 0 fully saturated rings. The maximum Gasteiger partial charge on any atom is 0.338 e. The normalized spacial score (nSPS) is 12.8. The van der Waals surface area contributed by atoms with Gasteiger partial charge in [-0.1, -0.05) is 11.8 Å². The summed E-state index contributed by atoms with van der Waals surface area (Å²) < 4.78 is 7.11. The molecule has 0 bridgehead atoms. The molecular weight excluding hydrogens is 466 g/mol. The number of nitrogens with zero attached hydrogens (tertiary/aromatic N) is 3. The molecule has 0 aliphatic heterocycles. The van der Waals surface area contributed by atoms with E-state index in [0.29, 0.717) is 23.5 Å². The topological polar surface area (TPSA) is 74.1 Å². The van der Waals surface area contributed by atoms with E-state index in [-0.39, 0.29) is 11.8 Å². The number of hydrogen-bond donors (Lipinski definition) is 0. The largest absolute Gasteiger partial charge is 0.462 e. The zero-order valence-corrected chi connectivity index (χ0v) is 21.0. The first-order valence-corrected chi connectivity index (χ1v) is 13.2. The monoisotopic (exact) mass is 491 g/mol. The minimum atomic E-state index is -0.335. The van der Waals surface area contributed by atoms with Gasteiger partial charge in [0.2, 0.25) is 0 Å². The van der Waals surface area contributed by atoms with Crippen LogP contribution in [0, 0.1) is 13.8 Å². The third kappa shape index (κ3) is 4.05. The number of benzene rings is 1. The van der Waals surface area contributed by atoms with Crippen molar-refractivity contribution in [1.29, 1.82) is 0 Å². The fourth-order valence-corrected chi connectivity index (χ4v) is 6.83. The minimum Gasteiger partial charge on any atom is -0.462 e. The summed E-state index contributed by atoms with van der Waals surface area (Å²) in [4.78, 5) is 36.6. The number of aryl methyl sites for hydroxylation is 3. The Bertz CT molecular complexity index is 1400. The average Bonchev–Trinajstić information content (AvgIpc) is 3.51. The fourth-order valence-electron chi connectivity index (χ4n) is 4.62. The van der Waals surface area contributed by atoms with Gasteiger partial charge in [0.05, 0.1) is 17.9 Å². The maximum atomic E-state index is 13.2. The van der Waals surface area contributed by atoms with E-state index in [1.54, 1.807) is 36.7 Å². The van der Waals surface area contributed by atoms with Crippen molar-refractivity contribution in [2.45, 2.75) is 45.1 Å². The molecule has 1 aliphatic carbocycles. The van der Waals surface area contributed by atoms with Crippen molar-refractivity contribution < 1.29 is 14.3 Å². The molecule has 5 rings (SSSR count). The number of rotatable bonds is 7. The highest BCUT2D eigenvalue weighted by atomic mass is 32.2. The van der Waals surface area contributed by atoms with Crippen LogP contribution in [0.2, 0.25) is 0 Å². The molecule has 0 amide bonds. The second-order valence-electron chi connectivity index (χ2n) is 8.32. The van der Waals surface area contributed by atoms with E-state index in [0.717, 1.165) is 45.2 Å². The highest BCUT2D eigenvalue weighted by molar-refractivity contribution is 8.00. The first-order valence-electron chi connectivity index (χ1n) is 11.4. The molecule has 0 saturated carbocycles. The molecule has 0 spiro atoms. The van der Waals surface area contributed by atoms with Crippen LogP contribution in [0.4, 0.5) is 0 Å². The molecule has 0 atom stereocenters. The summed E-state index contributed by atoms with van der Waals surface area (Å²) in [6, 6.07) is 9.20. The third-order valence-electron chi connectivity index (χ3n) is 6.17. The Morgan fingerprint density at radius 3 is 2.71 bits per heavy atom. The van der Waals surface area contributed by atoms with Gasteiger partial charge in [0.25, 0.3) is 0 Å². The molecule has 174 valence electrons. The second kappa shape index (κ2) is 9.35. The Kier molecular flexibility index (Phi) is 6.27. The lowest BCUT2D eigenvalue weighted by atomic mass is 10.2. The Hall–Kier alpha value is -2.97. The average molecular weight is 492 g/mol. The Morgan fingerprint density at radius 2 is 1.94 bits per heavy atom. The standard InChI is InChI=1S/C26H25N3O3S2/c1-4-32-26(31)17-8-10-18(11-9-17)29-15(2)12-20(16(29)3)21(30)13-33-24-23-19-6-5-7-22(19)34-25(23)28-14-27-24/h8-12,14H,4-7,13H2,1-3H3. The molecule has 4 aromatic rings. The van der Waals surface area contributed by atoms with Crippen molar-refractivity contribution in [1.82, 2.24) is 14.5 Å². The summed E-state index contributed by atoms with van der Waals surface area (Å²) in [6.07, 6.45) is 4.97. The van der Waals surface area contributed by atoms with Crippen molar-refractivity contribution in [3.63, 3.8) is 0 Å². The summed E-state index contributed by atoms with van der Waals surface area (Å²) in [7, 11) is 0. The number of carbonyl (C=O) groups excluding carboxylic acids is 2. The van der Waals surface area contributed by atoms with E-state index in [1.807, 2.05) is 36.6 Å². The summed E-state index contributed by atoms with van der Waals surface area (Å²) >= 11 is 3.26. The van der Waals surface area contributed by atoms with Crippen LogP contribution in [0.3, 0.4) is 0 Å². The van der Waals surface area contributed by atoms with Gasteiger partial charge in [0.15, 0.2) is 5.78 Å². The van der Waals surface area contributed by atoms with Crippen LogP contribution in [-0.4, -0.2) is 38.6 Å². The molecule has 34 heavy (non-hydrogen) atoms. The summed E-state index contributed by atoms with van der Waals surface area (Å²) in [5.41, 5.74) is 5.35. The number of carbonyl (C=O) groups is 2. The molecule has 0 unspecified atom stereocenters. The zero-order valence-electron chi connectivity index (χ0n) is 19.4. The van der Waals surface area contributed by atoms with Gasteiger partial charge in [-0.15, -0.1) is 11.3 Å². The lowest BCUT2D eigenvalue weighted by Gasteiger charge is -2.11. The van der Waals surface area contributed by atoms with Crippen molar-refractivity contribution >= 4 is 45.1 Å². The van der Waals surface area contributed by atoms with Gasteiger partial charge in [-0.25, -0.2) is 14.8 Å². The summed E-state index contributed by atoms with van der Waals surface area (Å²) in [5.74, 6) is 0.0622. The second-order valence-corrected chi connectivity index (χ2v) is 10.4. The van der Waals surface area contributed by atoms with Gasteiger partial charge in [-0.2, -0.15) is 0 Å². The van der Waals surface area contributed by atoms with Crippen molar-refractivity contribution in [3.8, 4) is 5.69 Å². The highest BCUT2D eigenvalue weighted by Crippen LogP contribution is 2.40. The molecule has 8 heteroatoms. The van der Waals surface area contributed by atoms with Crippen LogP contribution in [0.15, 0.2) is 41.7 Å². The Balaban J connectivity index is 1.37. The summed E-state index contributed by atoms with van der Waals surface area (Å²) in [6.45, 7) is 6.07. The highest BCUT2D eigenvalue weighted by Gasteiger charge is 2.23. The van der Waals surface area contributed by atoms with Crippen LogP contribution in [-0.2, 0) is 17.6 Å². The predicted molar refractivity (Wildman–Crippen MR) is 136 cm³/mol. The number of ketones is 1. The first kappa shape index (κ1) is 22.8. The van der Waals surface area contributed by atoms with E-state index in [4.69, 9.17) is 4.74 Å². The fraction of sp³-hybridized carbons (Fsp3) is 0.308. The molecule has 0 radical (unpaired) electrons. The van der Waals surface area contributed by atoms with E-state index in [2.05, 4.69) is 9.97 Å². The predicted octanol–water partition coefficient (Wildman–Crippen LogP) is 5.74. The Labute approximate surface area is 206 Å². The number of fused-ring (bicyclic) bond motifs is 3.